The van der Waals surface area contributed by atoms with Gasteiger partial charge in [0.1, 0.15) is 0 Å². The third kappa shape index (κ3) is 12.2. The van der Waals surface area contributed by atoms with Crippen molar-refractivity contribution in [2.24, 2.45) is 5.92 Å². The van der Waals surface area contributed by atoms with Crippen LogP contribution in [-0.4, -0.2) is 44.2 Å². The van der Waals surface area contributed by atoms with Gasteiger partial charge in [-0.3, -0.25) is 9.59 Å². The lowest BCUT2D eigenvalue weighted by Crippen LogP contribution is -3.05. The Morgan fingerprint density at radius 1 is 1.30 bits per heavy atom. The molecule has 1 unspecified atom stereocenters. The van der Waals surface area contributed by atoms with Crippen LogP contribution in [0.1, 0.15) is 32.6 Å². The molecular formula is C14H27BrN2O3. The van der Waals surface area contributed by atoms with Gasteiger partial charge in [-0.25, -0.2) is 0 Å². The van der Waals surface area contributed by atoms with Crippen molar-refractivity contribution >= 4 is 11.9 Å². The third-order valence-corrected chi connectivity index (χ3v) is 2.82. The molecule has 0 aromatic rings. The summed E-state index contributed by atoms with van der Waals surface area (Å²) in [6.07, 6.45) is 6.15. The number of aliphatic carboxylic acids is 1. The lowest BCUT2D eigenvalue weighted by atomic mass is 10.0. The second-order valence-corrected chi connectivity index (χ2v) is 5.05. The number of carboxylic acids is 1. The normalized spacial score (nSPS) is 12.2. The van der Waals surface area contributed by atoms with E-state index in [4.69, 9.17) is 5.11 Å². The molecule has 0 heterocycles. The van der Waals surface area contributed by atoms with Crippen LogP contribution < -0.4 is 27.2 Å². The highest BCUT2D eigenvalue weighted by Gasteiger charge is 2.13. The molecule has 0 bridgehead atoms. The van der Waals surface area contributed by atoms with Crippen LogP contribution in [0.2, 0.25) is 0 Å². The molecule has 0 saturated heterocycles. The molecule has 0 aliphatic rings. The van der Waals surface area contributed by atoms with Crippen molar-refractivity contribution in [2.75, 3.05) is 27.2 Å². The highest BCUT2D eigenvalue weighted by atomic mass is 79.9. The molecule has 0 aromatic carbocycles. The number of carbonyl (C=O) groups is 2. The van der Waals surface area contributed by atoms with Crippen LogP contribution in [0.3, 0.4) is 0 Å². The second-order valence-electron chi connectivity index (χ2n) is 5.05. The lowest BCUT2D eigenvalue weighted by molar-refractivity contribution is -0.858. The molecule has 0 saturated carbocycles. The van der Waals surface area contributed by atoms with Gasteiger partial charge in [0.25, 0.3) is 0 Å². The molecule has 20 heavy (non-hydrogen) atoms. The molecule has 0 fully saturated rings. The standard InChI is InChI=1S/C14H26N2O3.BrH/c1-4-5-7-12(14(18)19)8-9-13(17)15-10-6-11-16(2)3;/h8-9,12H,4-7,10-11H2,1-3H3,(H,15,17)(H,18,19);1H/b9-8+;. The first-order valence-corrected chi connectivity index (χ1v) is 6.95. The largest absolute Gasteiger partial charge is 1.00 e. The van der Waals surface area contributed by atoms with Gasteiger partial charge >= 0.3 is 5.97 Å². The summed E-state index contributed by atoms with van der Waals surface area (Å²) in [5.74, 6) is -1.64. The number of hydrogen-bond acceptors (Lipinski definition) is 2. The average Bonchev–Trinajstić information content (AvgIpc) is 2.34. The molecule has 0 spiro atoms. The first kappa shape index (κ1) is 21.4. The summed E-state index contributed by atoms with van der Waals surface area (Å²) < 4.78 is 0. The van der Waals surface area contributed by atoms with Crippen molar-refractivity contribution in [1.82, 2.24) is 5.32 Å². The third-order valence-electron chi connectivity index (χ3n) is 2.82. The summed E-state index contributed by atoms with van der Waals surface area (Å²) in [5.41, 5.74) is 0. The summed E-state index contributed by atoms with van der Waals surface area (Å²) >= 11 is 0. The Bertz CT molecular complexity index is 307. The number of hydrogen-bond donors (Lipinski definition) is 3. The summed E-state index contributed by atoms with van der Waals surface area (Å²) in [6.45, 7) is 3.64. The van der Waals surface area contributed by atoms with Crippen LogP contribution in [0.25, 0.3) is 0 Å². The number of carbonyl (C=O) groups excluding carboxylic acids is 1. The van der Waals surface area contributed by atoms with Crippen molar-refractivity contribution in [3.05, 3.63) is 12.2 Å². The predicted molar refractivity (Wildman–Crippen MR) is 75.1 cm³/mol. The molecule has 6 heteroatoms. The van der Waals surface area contributed by atoms with E-state index in [0.29, 0.717) is 13.0 Å². The number of unbranched alkanes of at least 4 members (excludes halogenated alkanes) is 1. The molecule has 5 nitrogen and oxygen atoms in total. The number of amides is 1. The zero-order valence-corrected chi connectivity index (χ0v) is 14.2. The van der Waals surface area contributed by atoms with Gasteiger partial charge in [0.05, 0.1) is 26.6 Å². The Labute approximate surface area is 132 Å². The first-order valence-electron chi connectivity index (χ1n) is 6.95. The maximum Gasteiger partial charge on any atom is 0.310 e. The van der Waals surface area contributed by atoms with E-state index in [-0.39, 0.29) is 22.9 Å². The van der Waals surface area contributed by atoms with Crippen molar-refractivity contribution in [1.29, 1.82) is 0 Å². The van der Waals surface area contributed by atoms with E-state index in [1.807, 2.05) is 6.92 Å². The Morgan fingerprint density at radius 3 is 2.45 bits per heavy atom. The Morgan fingerprint density at radius 2 is 1.95 bits per heavy atom. The Balaban J connectivity index is 0. The van der Waals surface area contributed by atoms with Crippen LogP contribution in [0.15, 0.2) is 12.2 Å². The smallest absolute Gasteiger partial charge is 0.310 e. The van der Waals surface area contributed by atoms with Crippen molar-refractivity contribution in [3.8, 4) is 0 Å². The topological polar surface area (TPSA) is 70.8 Å². The number of halogens is 1. The monoisotopic (exact) mass is 350 g/mol. The molecule has 1 atom stereocenters. The van der Waals surface area contributed by atoms with E-state index in [0.717, 1.165) is 25.8 Å². The van der Waals surface area contributed by atoms with Crippen LogP contribution in [0.5, 0.6) is 0 Å². The summed E-state index contributed by atoms with van der Waals surface area (Å²) in [6, 6.07) is 0. The zero-order chi connectivity index (χ0) is 14.7. The van der Waals surface area contributed by atoms with Gasteiger partial charge in [-0.1, -0.05) is 25.8 Å². The van der Waals surface area contributed by atoms with Crippen LogP contribution >= 0.6 is 0 Å². The van der Waals surface area contributed by atoms with Gasteiger partial charge in [-0.2, -0.15) is 0 Å². The van der Waals surface area contributed by atoms with Crippen molar-refractivity contribution < 1.29 is 36.6 Å². The molecule has 0 aliphatic carbocycles. The Hall–Kier alpha value is -0.880. The SMILES string of the molecule is CCCCC(/C=C/C(=O)NCCC[NH+](C)C)C(=O)O.[Br-]. The molecule has 0 radical (unpaired) electrons. The minimum Gasteiger partial charge on any atom is -1.00 e. The molecule has 3 N–H and O–H groups in total. The van der Waals surface area contributed by atoms with Crippen molar-refractivity contribution in [3.63, 3.8) is 0 Å². The van der Waals surface area contributed by atoms with E-state index in [1.165, 1.54) is 17.1 Å². The van der Waals surface area contributed by atoms with E-state index < -0.39 is 11.9 Å². The summed E-state index contributed by atoms with van der Waals surface area (Å²) in [4.78, 5) is 23.8. The number of rotatable bonds is 10. The quantitative estimate of drug-likeness (QED) is 0.292. The fraction of sp³-hybridized carbons (Fsp3) is 0.714. The van der Waals surface area contributed by atoms with Crippen LogP contribution in [0, 0.1) is 5.92 Å². The fourth-order valence-corrected chi connectivity index (χ4v) is 1.64. The minimum atomic E-state index is -0.867. The molecule has 118 valence electrons. The van der Waals surface area contributed by atoms with Gasteiger partial charge in [0.2, 0.25) is 5.91 Å². The Kier molecular flexibility index (Phi) is 14.1. The van der Waals surface area contributed by atoms with E-state index in [2.05, 4.69) is 19.4 Å². The van der Waals surface area contributed by atoms with Crippen LogP contribution in [0.4, 0.5) is 0 Å². The molecule has 1 amide bonds. The van der Waals surface area contributed by atoms with Crippen molar-refractivity contribution in [2.45, 2.75) is 32.6 Å². The minimum absolute atomic E-state index is 0. The molecule has 0 aliphatic heterocycles. The van der Waals surface area contributed by atoms with E-state index in [9.17, 15) is 9.59 Å². The van der Waals surface area contributed by atoms with Gasteiger partial charge in [0, 0.05) is 13.0 Å². The fourth-order valence-electron chi connectivity index (χ4n) is 1.64. The maximum atomic E-state index is 11.5. The van der Waals surface area contributed by atoms with Gasteiger partial charge < -0.3 is 32.3 Å². The highest BCUT2D eigenvalue weighted by molar-refractivity contribution is 5.88. The molecule has 0 aromatic heterocycles. The number of nitrogens with one attached hydrogen (secondary N) is 2. The second kappa shape index (κ2) is 13.1. The van der Waals surface area contributed by atoms with Gasteiger partial charge in [0.15, 0.2) is 0 Å². The first-order chi connectivity index (χ1) is 8.97. The predicted octanol–water partition coefficient (Wildman–Crippen LogP) is -2.91. The lowest BCUT2D eigenvalue weighted by Gasteiger charge is -2.07. The van der Waals surface area contributed by atoms with Gasteiger partial charge in [-0.05, 0) is 12.5 Å². The highest BCUT2D eigenvalue weighted by Crippen LogP contribution is 2.10. The number of carboxylic acid groups (broad SMARTS) is 1. The summed E-state index contributed by atoms with van der Waals surface area (Å²) in [7, 11) is 4.12. The number of quaternary nitrogens is 1. The van der Waals surface area contributed by atoms with E-state index in [1.54, 1.807) is 0 Å². The van der Waals surface area contributed by atoms with Gasteiger partial charge in [-0.15, -0.1) is 0 Å². The van der Waals surface area contributed by atoms with Crippen LogP contribution in [-0.2, 0) is 9.59 Å². The summed E-state index contributed by atoms with van der Waals surface area (Å²) in [5, 5.41) is 11.8. The average molecular weight is 351 g/mol. The molecule has 0 rings (SSSR count). The maximum absolute atomic E-state index is 11.5. The van der Waals surface area contributed by atoms with E-state index >= 15 is 0 Å². The zero-order valence-electron chi connectivity index (χ0n) is 12.6. The molecular weight excluding hydrogens is 324 g/mol.